The van der Waals surface area contributed by atoms with E-state index in [1.807, 2.05) is 0 Å². The number of rotatable bonds is 10. The van der Waals surface area contributed by atoms with Crippen molar-refractivity contribution in [3.8, 4) is 0 Å². The standard InChI is InChI=1S/C14H18O9/c1-19-11(15)3-5-13(17)22-9-7-21-8-10-23-14(18)6-4-12(16)20-2/h3-6H,7-10H2,1-2H3/b5-3-,6-4-. The topological polar surface area (TPSA) is 114 Å². The molecule has 0 aromatic heterocycles. The second-order valence-corrected chi connectivity index (χ2v) is 3.66. The Hall–Kier alpha value is -2.68. The van der Waals surface area contributed by atoms with Gasteiger partial charge in [-0.25, -0.2) is 19.2 Å². The molecular weight excluding hydrogens is 312 g/mol. The van der Waals surface area contributed by atoms with Crippen LogP contribution in [-0.4, -0.2) is 64.5 Å². The molecule has 0 amide bonds. The van der Waals surface area contributed by atoms with Gasteiger partial charge in [0.15, 0.2) is 0 Å². The van der Waals surface area contributed by atoms with Gasteiger partial charge in [0.2, 0.25) is 0 Å². The Labute approximate surface area is 132 Å². The summed E-state index contributed by atoms with van der Waals surface area (Å²) >= 11 is 0. The predicted molar refractivity (Wildman–Crippen MR) is 75.0 cm³/mol. The van der Waals surface area contributed by atoms with Gasteiger partial charge in [0.05, 0.1) is 27.4 Å². The minimum Gasteiger partial charge on any atom is -0.466 e. The Morgan fingerprint density at radius 2 is 0.957 bits per heavy atom. The van der Waals surface area contributed by atoms with Gasteiger partial charge in [-0.2, -0.15) is 0 Å². The van der Waals surface area contributed by atoms with E-state index in [2.05, 4.69) is 9.47 Å². The van der Waals surface area contributed by atoms with Crippen LogP contribution in [0.4, 0.5) is 0 Å². The Morgan fingerprint density at radius 1 is 0.609 bits per heavy atom. The van der Waals surface area contributed by atoms with Gasteiger partial charge in [0.25, 0.3) is 0 Å². The first kappa shape index (κ1) is 20.3. The zero-order chi connectivity index (χ0) is 17.5. The van der Waals surface area contributed by atoms with Crippen molar-refractivity contribution >= 4 is 23.9 Å². The third-order valence-electron chi connectivity index (χ3n) is 2.06. The molecule has 0 aliphatic heterocycles. The van der Waals surface area contributed by atoms with Crippen molar-refractivity contribution in [1.29, 1.82) is 0 Å². The lowest BCUT2D eigenvalue weighted by molar-refractivity contribution is -0.142. The largest absolute Gasteiger partial charge is 0.466 e. The van der Waals surface area contributed by atoms with Crippen LogP contribution in [0, 0.1) is 0 Å². The van der Waals surface area contributed by atoms with Crippen molar-refractivity contribution in [2.45, 2.75) is 0 Å². The fourth-order valence-corrected chi connectivity index (χ4v) is 1.01. The van der Waals surface area contributed by atoms with Crippen molar-refractivity contribution in [2.24, 2.45) is 0 Å². The van der Waals surface area contributed by atoms with E-state index >= 15 is 0 Å². The first-order valence-corrected chi connectivity index (χ1v) is 6.43. The lowest BCUT2D eigenvalue weighted by Gasteiger charge is -2.05. The van der Waals surface area contributed by atoms with E-state index in [0.717, 1.165) is 24.3 Å². The second-order valence-electron chi connectivity index (χ2n) is 3.66. The van der Waals surface area contributed by atoms with Crippen molar-refractivity contribution in [2.75, 3.05) is 40.6 Å². The Balaban J connectivity index is 3.60. The first-order valence-electron chi connectivity index (χ1n) is 6.43. The van der Waals surface area contributed by atoms with E-state index in [4.69, 9.17) is 14.2 Å². The number of hydrogen-bond acceptors (Lipinski definition) is 9. The zero-order valence-electron chi connectivity index (χ0n) is 12.8. The fourth-order valence-electron chi connectivity index (χ4n) is 1.01. The van der Waals surface area contributed by atoms with E-state index in [-0.39, 0.29) is 26.4 Å². The summed E-state index contributed by atoms with van der Waals surface area (Å²) < 4.78 is 23.1. The number of esters is 4. The van der Waals surface area contributed by atoms with Crippen molar-refractivity contribution in [3.63, 3.8) is 0 Å². The van der Waals surface area contributed by atoms with Crippen LogP contribution in [0.15, 0.2) is 24.3 Å². The van der Waals surface area contributed by atoms with Crippen LogP contribution in [0.5, 0.6) is 0 Å². The smallest absolute Gasteiger partial charge is 0.331 e. The zero-order valence-corrected chi connectivity index (χ0v) is 12.8. The van der Waals surface area contributed by atoms with Crippen LogP contribution < -0.4 is 0 Å². The molecule has 0 N–H and O–H groups in total. The molecule has 9 heteroatoms. The van der Waals surface area contributed by atoms with Crippen LogP contribution >= 0.6 is 0 Å². The molecule has 0 bridgehead atoms. The average Bonchev–Trinajstić information content (AvgIpc) is 2.56. The summed E-state index contributed by atoms with van der Waals surface area (Å²) in [7, 11) is 2.37. The molecule has 0 rings (SSSR count). The molecule has 0 aliphatic rings. The van der Waals surface area contributed by atoms with Crippen molar-refractivity contribution in [3.05, 3.63) is 24.3 Å². The maximum Gasteiger partial charge on any atom is 0.331 e. The van der Waals surface area contributed by atoms with E-state index in [9.17, 15) is 19.2 Å². The Morgan fingerprint density at radius 3 is 1.30 bits per heavy atom. The van der Waals surface area contributed by atoms with Gasteiger partial charge in [0, 0.05) is 24.3 Å². The normalized spacial score (nSPS) is 10.5. The maximum absolute atomic E-state index is 11.1. The summed E-state index contributed by atoms with van der Waals surface area (Å²) in [6, 6.07) is 0. The van der Waals surface area contributed by atoms with Gasteiger partial charge >= 0.3 is 23.9 Å². The predicted octanol–water partition coefficient (Wildman–Crippen LogP) is -0.452. The molecule has 128 valence electrons. The molecule has 0 heterocycles. The summed E-state index contributed by atoms with van der Waals surface area (Å²) in [5.74, 6) is -2.75. The van der Waals surface area contributed by atoms with Crippen LogP contribution in [0.3, 0.4) is 0 Å². The molecular formula is C14H18O9. The second kappa shape index (κ2) is 13.0. The van der Waals surface area contributed by atoms with Crippen LogP contribution in [0.2, 0.25) is 0 Å². The summed E-state index contributed by atoms with van der Waals surface area (Å²) in [6.45, 7) is 0.127. The lowest BCUT2D eigenvalue weighted by Crippen LogP contribution is -2.13. The summed E-state index contributed by atoms with van der Waals surface area (Å²) in [5.41, 5.74) is 0. The highest BCUT2D eigenvalue weighted by molar-refractivity contribution is 5.92. The highest BCUT2D eigenvalue weighted by Crippen LogP contribution is 1.87. The van der Waals surface area contributed by atoms with Crippen LogP contribution in [0.1, 0.15) is 0 Å². The molecule has 9 nitrogen and oxygen atoms in total. The van der Waals surface area contributed by atoms with E-state index in [1.54, 1.807) is 0 Å². The lowest BCUT2D eigenvalue weighted by atomic mass is 10.5. The summed E-state index contributed by atoms with van der Waals surface area (Å²) in [6.07, 6.45) is 3.73. The molecule has 0 unspecified atom stereocenters. The summed E-state index contributed by atoms with van der Waals surface area (Å²) in [5, 5.41) is 0. The molecule has 0 saturated heterocycles. The SMILES string of the molecule is COC(=O)/C=C\C(=O)OCCOCCOC(=O)/C=C\C(=O)OC. The highest BCUT2D eigenvalue weighted by Gasteiger charge is 2.01. The van der Waals surface area contributed by atoms with Gasteiger partial charge < -0.3 is 23.7 Å². The van der Waals surface area contributed by atoms with Gasteiger partial charge in [-0.05, 0) is 0 Å². The average molecular weight is 330 g/mol. The number of carbonyl (C=O) groups is 4. The molecule has 0 atom stereocenters. The van der Waals surface area contributed by atoms with Gasteiger partial charge in [0.1, 0.15) is 13.2 Å². The third kappa shape index (κ3) is 12.8. The van der Waals surface area contributed by atoms with Gasteiger partial charge in [-0.3, -0.25) is 0 Å². The van der Waals surface area contributed by atoms with Crippen LogP contribution in [0.25, 0.3) is 0 Å². The van der Waals surface area contributed by atoms with E-state index < -0.39 is 23.9 Å². The van der Waals surface area contributed by atoms with Gasteiger partial charge in [-0.15, -0.1) is 0 Å². The molecule has 0 aromatic rings. The highest BCUT2D eigenvalue weighted by atomic mass is 16.6. The number of ether oxygens (including phenoxy) is 5. The minimum atomic E-state index is -0.710. The molecule has 0 radical (unpaired) electrons. The molecule has 0 spiro atoms. The molecule has 0 aromatic carbocycles. The molecule has 0 saturated carbocycles. The Kier molecular flexibility index (Phi) is 11.5. The van der Waals surface area contributed by atoms with Gasteiger partial charge in [-0.1, -0.05) is 0 Å². The third-order valence-corrected chi connectivity index (χ3v) is 2.06. The van der Waals surface area contributed by atoms with E-state index in [1.165, 1.54) is 14.2 Å². The van der Waals surface area contributed by atoms with Crippen molar-refractivity contribution < 1.29 is 42.9 Å². The minimum absolute atomic E-state index is 0.0272. The number of hydrogen-bond donors (Lipinski definition) is 0. The van der Waals surface area contributed by atoms with E-state index in [0.29, 0.717) is 0 Å². The number of carbonyl (C=O) groups excluding carboxylic acids is 4. The molecule has 0 aliphatic carbocycles. The molecule has 0 fully saturated rings. The Bertz CT molecular complexity index is 423. The maximum atomic E-state index is 11.1. The fraction of sp³-hybridized carbons (Fsp3) is 0.429. The number of methoxy groups -OCH3 is 2. The first-order chi connectivity index (χ1) is 11.0. The molecule has 23 heavy (non-hydrogen) atoms. The van der Waals surface area contributed by atoms with Crippen LogP contribution in [-0.2, 0) is 42.9 Å². The monoisotopic (exact) mass is 330 g/mol. The quantitative estimate of drug-likeness (QED) is 0.227. The van der Waals surface area contributed by atoms with Crippen molar-refractivity contribution in [1.82, 2.24) is 0 Å². The summed E-state index contributed by atoms with van der Waals surface area (Å²) in [4.78, 5) is 43.6.